The number of nitrogens with one attached hydrogen (secondary N) is 4. The second kappa shape index (κ2) is 10.6. The van der Waals surface area contributed by atoms with Crippen LogP contribution >= 0.6 is 11.6 Å². The molecule has 2 aromatic rings. The van der Waals surface area contributed by atoms with Gasteiger partial charge in [0.2, 0.25) is 0 Å². The number of nitrogens with zero attached hydrogens (tertiary/aromatic N) is 2. The van der Waals surface area contributed by atoms with Crippen LogP contribution in [0.5, 0.6) is 0 Å². The number of hydrogen-bond acceptors (Lipinski definition) is 5. The highest BCUT2D eigenvalue weighted by Crippen LogP contribution is 2.35. The van der Waals surface area contributed by atoms with E-state index in [0.717, 1.165) is 43.7 Å². The lowest BCUT2D eigenvalue weighted by Gasteiger charge is -2.27. The van der Waals surface area contributed by atoms with Gasteiger partial charge < -0.3 is 30.9 Å². The highest BCUT2D eigenvalue weighted by atomic mass is 35.5. The lowest BCUT2D eigenvalue weighted by Crippen LogP contribution is -2.40. The normalized spacial score (nSPS) is 19.7. The monoisotopic (exact) mass is 496 g/mol. The van der Waals surface area contributed by atoms with Crippen LogP contribution in [0.2, 0.25) is 5.02 Å². The number of aliphatic imine (C=N–C) groups is 1. The summed E-state index contributed by atoms with van der Waals surface area (Å²) in [6.45, 7) is 4.58. The Balaban J connectivity index is 1.43. The first-order valence-electron chi connectivity index (χ1n) is 12.0. The Morgan fingerprint density at radius 3 is 2.60 bits per heavy atom. The fourth-order valence-electron chi connectivity index (χ4n) is 4.59. The van der Waals surface area contributed by atoms with Crippen molar-refractivity contribution < 1.29 is 14.3 Å². The Morgan fingerprint density at radius 2 is 1.86 bits per heavy atom. The number of hydrogen-bond donors (Lipinski definition) is 4. The molecule has 2 amide bonds. The van der Waals surface area contributed by atoms with Gasteiger partial charge in [-0.3, -0.25) is 9.59 Å². The van der Waals surface area contributed by atoms with Crippen LogP contribution in [0.25, 0.3) is 0 Å². The van der Waals surface area contributed by atoms with Crippen molar-refractivity contribution in [3.05, 3.63) is 58.1 Å². The van der Waals surface area contributed by atoms with Crippen LogP contribution in [0.4, 0.5) is 11.4 Å². The molecule has 0 radical (unpaired) electrons. The van der Waals surface area contributed by atoms with Crippen molar-refractivity contribution in [2.75, 3.05) is 51.3 Å². The molecule has 3 aliphatic rings. The van der Waals surface area contributed by atoms with E-state index in [0.29, 0.717) is 54.1 Å². The molecule has 3 heterocycles. The third-order valence-electron chi connectivity index (χ3n) is 6.45. The van der Waals surface area contributed by atoms with E-state index in [2.05, 4.69) is 26.3 Å². The van der Waals surface area contributed by atoms with Crippen molar-refractivity contribution in [3.8, 4) is 0 Å². The van der Waals surface area contributed by atoms with Gasteiger partial charge in [-0.05, 0) is 55.3 Å². The molecular weight excluding hydrogens is 468 g/mol. The third-order valence-corrected chi connectivity index (χ3v) is 6.86. The van der Waals surface area contributed by atoms with E-state index in [-0.39, 0.29) is 17.9 Å². The van der Waals surface area contributed by atoms with E-state index >= 15 is 0 Å². The number of ether oxygens (including phenoxy) is 1. The largest absolute Gasteiger partial charge is 0.378 e. The molecule has 9 nitrogen and oxygen atoms in total. The van der Waals surface area contributed by atoms with Crippen molar-refractivity contribution in [2.24, 2.45) is 4.99 Å². The highest BCUT2D eigenvalue weighted by Gasteiger charge is 2.24. The molecule has 3 fully saturated rings. The summed E-state index contributed by atoms with van der Waals surface area (Å²) in [6.07, 6.45) is 2.02. The van der Waals surface area contributed by atoms with Crippen LogP contribution in [-0.2, 0) is 4.74 Å². The smallest absolute Gasteiger partial charge is 0.280 e. The average molecular weight is 497 g/mol. The number of anilines is 2. The van der Waals surface area contributed by atoms with Crippen LogP contribution in [0, 0.1) is 0 Å². The van der Waals surface area contributed by atoms with Gasteiger partial charge in [0.25, 0.3) is 11.8 Å². The summed E-state index contributed by atoms with van der Waals surface area (Å²) < 4.78 is 5.36. The van der Waals surface area contributed by atoms with Gasteiger partial charge in [-0.1, -0.05) is 17.7 Å². The average Bonchev–Trinajstić information content (AvgIpc) is 3.60. The summed E-state index contributed by atoms with van der Waals surface area (Å²) in [5.41, 5.74) is 3.43. The lowest BCUT2D eigenvalue weighted by atomic mass is 9.99. The van der Waals surface area contributed by atoms with Crippen molar-refractivity contribution >= 4 is 40.7 Å². The lowest BCUT2D eigenvalue weighted by molar-refractivity contribution is 0.0303. The maximum absolute atomic E-state index is 13.1. The molecular formula is C25H29ClN6O3. The second-order valence-corrected chi connectivity index (χ2v) is 9.14. The summed E-state index contributed by atoms with van der Waals surface area (Å²) in [4.78, 5) is 31.8. The van der Waals surface area contributed by atoms with Crippen molar-refractivity contribution in [2.45, 2.75) is 18.9 Å². The number of halogens is 1. The van der Waals surface area contributed by atoms with E-state index in [4.69, 9.17) is 16.3 Å². The van der Waals surface area contributed by atoms with Crippen molar-refractivity contribution in [1.29, 1.82) is 0 Å². The van der Waals surface area contributed by atoms with E-state index in [9.17, 15) is 9.59 Å². The third kappa shape index (κ3) is 5.27. The molecule has 3 saturated heterocycles. The molecule has 1 unspecified atom stereocenters. The summed E-state index contributed by atoms with van der Waals surface area (Å²) in [5.74, 6) is 0.101. The SMILES string of the molecule is O=C(N=C1NCCN1)c1ccc(Nc2cccc(C(=O)N3CCOCC3)c2Cl)c(C2CCCN2)c1. The summed E-state index contributed by atoms with van der Waals surface area (Å²) in [6, 6.07) is 11.1. The maximum Gasteiger partial charge on any atom is 0.280 e. The number of benzene rings is 2. The zero-order valence-electron chi connectivity index (χ0n) is 19.4. The Kier molecular flexibility index (Phi) is 7.17. The maximum atomic E-state index is 13.1. The number of amides is 2. The Bertz CT molecular complexity index is 1130. The van der Waals surface area contributed by atoms with Gasteiger partial charge in [0.05, 0.1) is 29.5 Å². The predicted octanol–water partition coefficient (Wildman–Crippen LogP) is 2.67. The van der Waals surface area contributed by atoms with Gasteiger partial charge in [0, 0.05) is 43.5 Å². The molecule has 0 aliphatic carbocycles. The molecule has 0 saturated carbocycles. The molecule has 5 rings (SSSR count). The standard InChI is InChI=1S/C25H29ClN6O3/c26-22-17(24(34)32-11-13-35-14-12-32)3-1-4-21(22)30-20-7-6-16(15-18(20)19-5-2-8-27-19)23(33)31-25-28-9-10-29-25/h1,3-4,6-7,15,19,27,30H,2,5,8-14H2,(H2,28,29,31,33). The molecule has 10 heteroatoms. The predicted molar refractivity (Wildman–Crippen MR) is 136 cm³/mol. The Morgan fingerprint density at radius 1 is 1.06 bits per heavy atom. The van der Waals surface area contributed by atoms with Crippen molar-refractivity contribution in [3.63, 3.8) is 0 Å². The van der Waals surface area contributed by atoms with Gasteiger partial charge in [-0.15, -0.1) is 0 Å². The molecule has 1 atom stereocenters. The van der Waals surface area contributed by atoms with Crippen LogP contribution in [0.1, 0.15) is 45.2 Å². The highest BCUT2D eigenvalue weighted by molar-refractivity contribution is 6.36. The number of morpholine rings is 1. The minimum absolute atomic E-state index is 0.103. The zero-order chi connectivity index (χ0) is 24.2. The summed E-state index contributed by atoms with van der Waals surface area (Å²) >= 11 is 6.72. The van der Waals surface area contributed by atoms with Crippen LogP contribution in [0.3, 0.4) is 0 Å². The van der Waals surface area contributed by atoms with E-state index in [1.54, 1.807) is 17.0 Å². The number of carbonyl (C=O) groups excluding carboxylic acids is 2. The van der Waals surface area contributed by atoms with Gasteiger partial charge in [0.15, 0.2) is 5.96 Å². The minimum Gasteiger partial charge on any atom is -0.378 e. The first-order chi connectivity index (χ1) is 17.1. The molecule has 0 bridgehead atoms. The molecule has 4 N–H and O–H groups in total. The van der Waals surface area contributed by atoms with Crippen LogP contribution < -0.4 is 21.3 Å². The molecule has 3 aliphatic heterocycles. The van der Waals surface area contributed by atoms with E-state index < -0.39 is 0 Å². The zero-order valence-corrected chi connectivity index (χ0v) is 20.2. The summed E-state index contributed by atoms with van der Waals surface area (Å²) in [7, 11) is 0. The second-order valence-electron chi connectivity index (χ2n) is 8.77. The molecule has 0 spiro atoms. The fraction of sp³-hybridized carbons (Fsp3) is 0.400. The Hall–Kier alpha value is -3.14. The number of carbonyl (C=O) groups is 2. The molecule has 0 aromatic heterocycles. The Labute approximate surface area is 209 Å². The number of rotatable bonds is 5. The molecule has 2 aromatic carbocycles. The molecule has 184 valence electrons. The van der Waals surface area contributed by atoms with Gasteiger partial charge in [0.1, 0.15) is 0 Å². The van der Waals surface area contributed by atoms with Crippen molar-refractivity contribution in [1.82, 2.24) is 20.9 Å². The van der Waals surface area contributed by atoms with Gasteiger partial charge in [-0.25, -0.2) is 0 Å². The van der Waals surface area contributed by atoms with Crippen LogP contribution in [0.15, 0.2) is 41.4 Å². The first kappa shape index (κ1) is 23.6. The number of guanidine groups is 1. The first-order valence-corrected chi connectivity index (χ1v) is 12.4. The quantitative estimate of drug-likeness (QED) is 0.504. The molecule has 35 heavy (non-hydrogen) atoms. The van der Waals surface area contributed by atoms with Gasteiger partial charge in [-0.2, -0.15) is 4.99 Å². The van der Waals surface area contributed by atoms with E-state index in [1.165, 1.54) is 0 Å². The minimum atomic E-state index is -0.302. The summed E-state index contributed by atoms with van der Waals surface area (Å²) in [5, 5.41) is 13.4. The van der Waals surface area contributed by atoms with Crippen LogP contribution in [-0.4, -0.2) is 68.6 Å². The van der Waals surface area contributed by atoms with Gasteiger partial charge >= 0.3 is 0 Å². The fourth-order valence-corrected chi connectivity index (χ4v) is 4.85. The van der Waals surface area contributed by atoms with E-state index in [1.807, 2.05) is 24.3 Å². The topological polar surface area (TPSA) is 107 Å².